The van der Waals surface area contributed by atoms with Gasteiger partial charge in [-0.3, -0.25) is 4.72 Å². The average molecular weight is 410 g/mol. The van der Waals surface area contributed by atoms with E-state index in [9.17, 15) is 8.42 Å². The number of hydrogen-bond acceptors (Lipinski definition) is 5. The Balaban J connectivity index is 1.94. The minimum Gasteiger partial charge on any atom is -0.349 e. The number of nitrogens with zero attached hydrogens (tertiary/aromatic N) is 2. The van der Waals surface area contributed by atoms with Gasteiger partial charge in [-0.1, -0.05) is 29.0 Å². The van der Waals surface area contributed by atoms with Crippen LogP contribution in [0.3, 0.4) is 0 Å². The zero-order valence-corrected chi connectivity index (χ0v) is 17.2. The second-order valence-electron chi connectivity index (χ2n) is 5.82. The van der Waals surface area contributed by atoms with Crippen molar-refractivity contribution in [1.29, 1.82) is 0 Å². The van der Waals surface area contributed by atoms with Crippen LogP contribution < -0.4 is 9.62 Å². The van der Waals surface area contributed by atoms with Gasteiger partial charge in [-0.15, -0.1) is 0 Å². The summed E-state index contributed by atoms with van der Waals surface area (Å²) in [5, 5.41) is 1.36. The van der Waals surface area contributed by atoms with E-state index in [-0.39, 0.29) is 4.90 Å². The minimum atomic E-state index is -3.72. The van der Waals surface area contributed by atoms with E-state index in [1.807, 2.05) is 6.07 Å². The molecule has 8 heteroatoms. The molecule has 3 rings (SSSR count). The summed E-state index contributed by atoms with van der Waals surface area (Å²) in [6, 6.07) is 10.3. The molecular formula is C18H20ClN3O2S2. The predicted molar refractivity (Wildman–Crippen MR) is 110 cm³/mol. The maximum atomic E-state index is 12.7. The van der Waals surface area contributed by atoms with Crippen molar-refractivity contribution in [2.45, 2.75) is 25.7 Å². The van der Waals surface area contributed by atoms with Crippen molar-refractivity contribution in [3.05, 3.63) is 47.0 Å². The van der Waals surface area contributed by atoms with Gasteiger partial charge < -0.3 is 4.90 Å². The molecule has 2 aromatic carbocycles. The number of sulfonamides is 1. The molecule has 1 aromatic heterocycles. The summed E-state index contributed by atoms with van der Waals surface area (Å²) < 4.78 is 29.1. The Labute approximate surface area is 162 Å². The second kappa shape index (κ2) is 7.42. The fourth-order valence-corrected chi connectivity index (χ4v) is 5.32. The predicted octanol–water partition coefficient (Wildman–Crippen LogP) is 4.91. The molecule has 1 heterocycles. The number of benzene rings is 2. The van der Waals surface area contributed by atoms with Gasteiger partial charge in [-0.05, 0) is 56.7 Å². The van der Waals surface area contributed by atoms with Crippen LogP contribution >= 0.6 is 22.9 Å². The Morgan fingerprint density at radius 3 is 2.62 bits per heavy atom. The lowest BCUT2D eigenvalue weighted by molar-refractivity contribution is 0.600. The number of rotatable bonds is 6. The van der Waals surface area contributed by atoms with Gasteiger partial charge in [-0.25, -0.2) is 13.4 Å². The molecule has 0 radical (unpaired) electrons. The van der Waals surface area contributed by atoms with Crippen molar-refractivity contribution in [3.63, 3.8) is 0 Å². The highest BCUT2D eigenvalue weighted by Crippen LogP contribution is 2.31. The molecule has 0 unspecified atom stereocenters. The molecule has 0 aliphatic rings. The highest BCUT2D eigenvalue weighted by atomic mass is 35.5. The SMILES string of the molecule is CCN(CC)c1nc2cc(NS(=O)(=O)c3cccc(Cl)c3C)ccc2s1. The third-order valence-corrected chi connectivity index (χ3v) is 7.20. The first-order valence-corrected chi connectivity index (χ1v) is 11.0. The van der Waals surface area contributed by atoms with Gasteiger partial charge in [0.2, 0.25) is 0 Å². The lowest BCUT2D eigenvalue weighted by Gasteiger charge is -2.16. The summed E-state index contributed by atoms with van der Waals surface area (Å²) in [4.78, 5) is 6.98. The number of aromatic nitrogens is 1. The van der Waals surface area contributed by atoms with E-state index < -0.39 is 10.0 Å². The number of nitrogens with one attached hydrogen (secondary N) is 1. The zero-order valence-electron chi connectivity index (χ0n) is 14.8. The van der Waals surface area contributed by atoms with Gasteiger partial charge in [0.15, 0.2) is 5.13 Å². The van der Waals surface area contributed by atoms with Crippen molar-refractivity contribution in [2.75, 3.05) is 22.7 Å². The minimum absolute atomic E-state index is 0.173. The molecule has 0 saturated carbocycles. The second-order valence-corrected chi connectivity index (χ2v) is 8.89. The summed E-state index contributed by atoms with van der Waals surface area (Å²) >= 11 is 7.66. The lowest BCUT2D eigenvalue weighted by Crippen LogP contribution is -2.21. The van der Waals surface area contributed by atoms with E-state index in [2.05, 4.69) is 28.5 Å². The smallest absolute Gasteiger partial charge is 0.262 e. The number of hydrogen-bond donors (Lipinski definition) is 1. The van der Waals surface area contributed by atoms with Crippen LogP contribution in [0, 0.1) is 6.92 Å². The topological polar surface area (TPSA) is 62.3 Å². The first kappa shape index (κ1) is 18.9. The van der Waals surface area contributed by atoms with Crippen LogP contribution in [0.1, 0.15) is 19.4 Å². The third-order valence-electron chi connectivity index (χ3n) is 4.17. The van der Waals surface area contributed by atoms with Crippen LogP contribution in [-0.2, 0) is 10.0 Å². The number of fused-ring (bicyclic) bond motifs is 1. The molecule has 138 valence electrons. The summed E-state index contributed by atoms with van der Waals surface area (Å²) in [7, 11) is -3.72. The molecule has 3 aromatic rings. The van der Waals surface area contributed by atoms with Gasteiger partial charge in [0.25, 0.3) is 10.0 Å². The van der Waals surface area contributed by atoms with E-state index in [1.165, 1.54) is 0 Å². The number of thiazole rings is 1. The lowest BCUT2D eigenvalue weighted by atomic mass is 10.2. The van der Waals surface area contributed by atoms with Gasteiger partial charge in [0.1, 0.15) is 0 Å². The fraction of sp³-hybridized carbons (Fsp3) is 0.278. The molecule has 0 spiro atoms. The molecular weight excluding hydrogens is 390 g/mol. The largest absolute Gasteiger partial charge is 0.349 e. The van der Waals surface area contributed by atoms with E-state index in [1.54, 1.807) is 48.6 Å². The van der Waals surface area contributed by atoms with Gasteiger partial charge in [0, 0.05) is 18.1 Å². The van der Waals surface area contributed by atoms with Crippen LogP contribution in [0.2, 0.25) is 5.02 Å². The molecule has 0 amide bonds. The first-order chi connectivity index (χ1) is 12.4. The number of halogens is 1. The highest BCUT2D eigenvalue weighted by Gasteiger charge is 2.19. The molecule has 0 atom stereocenters. The normalized spacial score (nSPS) is 11.7. The maximum Gasteiger partial charge on any atom is 0.262 e. The third kappa shape index (κ3) is 3.65. The Kier molecular flexibility index (Phi) is 5.41. The van der Waals surface area contributed by atoms with E-state index in [4.69, 9.17) is 11.6 Å². The Hall–Kier alpha value is -1.83. The molecule has 0 aliphatic carbocycles. The molecule has 5 nitrogen and oxygen atoms in total. The highest BCUT2D eigenvalue weighted by molar-refractivity contribution is 7.92. The standard InChI is InChI=1S/C18H20ClN3O2S2/c1-4-22(5-2)18-20-15-11-13(9-10-16(15)25-18)21-26(23,24)17-8-6-7-14(19)12(17)3/h6-11,21H,4-5H2,1-3H3. The van der Waals surface area contributed by atoms with Crippen molar-refractivity contribution >= 4 is 54.0 Å². The summed E-state index contributed by atoms with van der Waals surface area (Å²) in [6.07, 6.45) is 0. The van der Waals surface area contributed by atoms with Gasteiger partial charge in [0.05, 0.1) is 20.8 Å². The van der Waals surface area contributed by atoms with Crippen molar-refractivity contribution in [3.8, 4) is 0 Å². The van der Waals surface area contributed by atoms with Crippen LogP contribution in [0.25, 0.3) is 10.2 Å². The van der Waals surface area contributed by atoms with Crippen LogP contribution in [0.5, 0.6) is 0 Å². The van der Waals surface area contributed by atoms with Crippen LogP contribution in [-0.4, -0.2) is 26.5 Å². The van der Waals surface area contributed by atoms with Gasteiger partial charge in [-0.2, -0.15) is 0 Å². The number of anilines is 2. The Bertz CT molecular complexity index is 1040. The molecule has 0 saturated heterocycles. The van der Waals surface area contributed by atoms with Crippen molar-refractivity contribution in [1.82, 2.24) is 4.98 Å². The average Bonchev–Trinajstić information content (AvgIpc) is 3.01. The van der Waals surface area contributed by atoms with E-state index in [0.29, 0.717) is 16.3 Å². The van der Waals surface area contributed by atoms with Crippen molar-refractivity contribution in [2.24, 2.45) is 0 Å². The molecule has 0 aliphatic heterocycles. The summed E-state index contributed by atoms with van der Waals surface area (Å²) in [5.74, 6) is 0. The fourth-order valence-electron chi connectivity index (χ4n) is 2.70. The van der Waals surface area contributed by atoms with E-state index >= 15 is 0 Å². The Morgan fingerprint density at radius 1 is 1.19 bits per heavy atom. The first-order valence-electron chi connectivity index (χ1n) is 8.29. The molecule has 26 heavy (non-hydrogen) atoms. The van der Waals surface area contributed by atoms with Gasteiger partial charge >= 0.3 is 0 Å². The molecule has 1 N–H and O–H groups in total. The monoisotopic (exact) mass is 409 g/mol. The van der Waals surface area contributed by atoms with Crippen LogP contribution in [0.4, 0.5) is 10.8 Å². The van der Waals surface area contributed by atoms with Crippen LogP contribution in [0.15, 0.2) is 41.3 Å². The van der Waals surface area contributed by atoms with E-state index in [0.717, 1.165) is 28.4 Å². The zero-order chi connectivity index (χ0) is 18.9. The molecule has 0 bridgehead atoms. The summed E-state index contributed by atoms with van der Waals surface area (Å²) in [5.41, 5.74) is 1.79. The van der Waals surface area contributed by atoms with Crippen molar-refractivity contribution < 1.29 is 8.42 Å². The molecule has 0 fully saturated rings. The quantitative estimate of drug-likeness (QED) is 0.628. The Morgan fingerprint density at radius 2 is 1.92 bits per heavy atom. The maximum absolute atomic E-state index is 12.7. The summed E-state index contributed by atoms with van der Waals surface area (Å²) in [6.45, 7) is 7.62.